The number of hydrogen-bond donors (Lipinski definition) is 2. The number of alkyl halides is 1. The fourth-order valence-electron chi connectivity index (χ4n) is 1.26. The van der Waals surface area contributed by atoms with Gasteiger partial charge in [-0.3, -0.25) is 4.79 Å². The molecule has 0 aromatic heterocycles. The third-order valence-corrected chi connectivity index (χ3v) is 2.09. The molecule has 11 heavy (non-hydrogen) atoms. The molecule has 0 bridgehead atoms. The summed E-state index contributed by atoms with van der Waals surface area (Å²) in [5.74, 6) is -0.584. The maximum atomic E-state index is 13.3. The van der Waals surface area contributed by atoms with Crippen LogP contribution in [0.5, 0.6) is 0 Å². The van der Waals surface area contributed by atoms with Gasteiger partial charge in [0.2, 0.25) is 0 Å². The number of rotatable bonds is 2. The van der Waals surface area contributed by atoms with Crippen molar-refractivity contribution in [2.45, 2.75) is 31.5 Å². The normalized spacial score (nSPS) is 37.4. The lowest BCUT2D eigenvalue weighted by Crippen LogP contribution is -2.33. The molecule has 64 valence electrons. The maximum absolute atomic E-state index is 13.3. The van der Waals surface area contributed by atoms with E-state index in [-0.39, 0.29) is 19.4 Å². The fourth-order valence-corrected chi connectivity index (χ4v) is 1.26. The lowest BCUT2D eigenvalue weighted by atomic mass is 9.99. The summed E-state index contributed by atoms with van der Waals surface area (Å²) in [4.78, 5) is 10.9. The predicted octanol–water partition coefficient (Wildman–Crippen LogP) is -0.0145. The molecular formula is C7H12FNO2. The lowest BCUT2D eigenvalue weighted by molar-refractivity contribution is -0.129. The first-order valence-electron chi connectivity index (χ1n) is 3.73. The van der Waals surface area contributed by atoms with Gasteiger partial charge in [0.15, 0.2) is 5.67 Å². The van der Waals surface area contributed by atoms with Crippen molar-refractivity contribution in [3.63, 3.8) is 0 Å². The molecule has 4 heteroatoms. The van der Waals surface area contributed by atoms with Crippen molar-refractivity contribution in [1.29, 1.82) is 0 Å². The number of aliphatic hydroxyl groups is 1. The molecule has 0 radical (unpaired) electrons. The summed E-state index contributed by atoms with van der Waals surface area (Å²) in [6.07, 6.45) is 0.272. The van der Waals surface area contributed by atoms with Crippen molar-refractivity contribution in [3.05, 3.63) is 0 Å². The molecule has 0 saturated carbocycles. The van der Waals surface area contributed by atoms with Crippen molar-refractivity contribution >= 4 is 5.91 Å². The Bertz CT molecular complexity index is 174. The molecule has 1 saturated heterocycles. The van der Waals surface area contributed by atoms with E-state index in [9.17, 15) is 9.18 Å². The van der Waals surface area contributed by atoms with Crippen molar-refractivity contribution < 1.29 is 14.3 Å². The Morgan fingerprint density at radius 1 is 1.91 bits per heavy atom. The summed E-state index contributed by atoms with van der Waals surface area (Å²) in [6, 6.07) is -0.396. The van der Waals surface area contributed by atoms with Crippen LogP contribution in [-0.2, 0) is 4.79 Å². The molecule has 0 aromatic rings. The highest BCUT2D eigenvalue weighted by Gasteiger charge is 2.45. The largest absolute Gasteiger partial charge is 0.394 e. The average Bonchev–Trinajstić information content (AvgIpc) is 2.29. The minimum absolute atomic E-state index is 0.0961. The zero-order chi connectivity index (χ0) is 8.48. The molecule has 1 heterocycles. The van der Waals surface area contributed by atoms with Crippen molar-refractivity contribution in [2.24, 2.45) is 0 Å². The van der Waals surface area contributed by atoms with E-state index in [0.29, 0.717) is 0 Å². The quantitative estimate of drug-likeness (QED) is 0.598. The molecule has 0 aliphatic carbocycles. The van der Waals surface area contributed by atoms with E-state index in [0.717, 1.165) is 0 Å². The van der Waals surface area contributed by atoms with E-state index < -0.39 is 17.6 Å². The second-order valence-electron chi connectivity index (χ2n) is 2.88. The molecule has 1 aliphatic rings. The molecule has 0 aromatic carbocycles. The second kappa shape index (κ2) is 2.77. The molecule has 1 rings (SSSR count). The van der Waals surface area contributed by atoms with E-state index in [2.05, 4.69) is 5.32 Å². The van der Waals surface area contributed by atoms with Gasteiger partial charge in [-0.15, -0.1) is 0 Å². The van der Waals surface area contributed by atoms with Crippen LogP contribution in [-0.4, -0.2) is 29.3 Å². The Kier molecular flexibility index (Phi) is 2.13. The van der Waals surface area contributed by atoms with Crippen molar-refractivity contribution in [2.75, 3.05) is 6.61 Å². The van der Waals surface area contributed by atoms with Gasteiger partial charge in [-0.1, -0.05) is 6.92 Å². The van der Waals surface area contributed by atoms with Gasteiger partial charge in [0, 0.05) is 6.42 Å². The summed E-state index contributed by atoms with van der Waals surface area (Å²) < 4.78 is 13.3. The van der Waals surface area contributed by atoms with Gasteiger partial charge in [-0.2, -0.15) is 0 Å². The van der Waals surface area contributed by atoms with Gasteiger partial charge in [-0.25, -0.2) is 4.39 Å². The number of amides is 1. The van der Waals surface area contributed by atoms with Crippen molar-refractivity contribution in [3.8, 4) is 0 Å². The monoisotopic (exact) mass is 161 g/mol. The van der Waals surface area contributed by atoms with Crippen LogP contribution in [0.1, 0.15) is 19.8 Å². The van der Waals surface area contributed by atoms with Gasteiger partial charge in [-0.05, 0) is 6.42 Å². The molecule has 1 fully saturated rings. The zero-order valence-corrected chi connectivity index (χ0v) is 6.43. The predicted molar refractivity (Wildman–Crippen MR) is 37.8 cm³/mol. The topological polar surface area (TPSA) is 49.3 Å². The lowest BCUT2D eigenvalue weighted by Gasteiger charge is -2.11. The van der Waals surface area contributed by atoms with Crippen LogP contribution < -0.4 is 5.32 Å². The molecular weight excluding hydrogens is 149 g/mol. The minimum atomic E-state index is -1.74. The molecule has 1 aliphatic heterocycles. The van der Waals surface area contributed by atoms with Crippen LogP contribution in [0.15, 0.2) is 0 Å². The SMILES string of the molecule is CC[C@]1(F)C[C@@H](CO)NC1=O. The summed E-state index contributed by atoms with van der Waals surface area (Å²) >= 11 is 0. The number of hydrogen-bond acceptors (Lipinski definition) is 2. The van der Waals surface area contributed by atoms with Crippen LogP contribution in [0.2, 0.25) is 0 Å². The van der Waals surface area contributed by atoms with E-state index in [1.54, 1.807) is 6.92 Å². The summed E-state index contributed by atoms with van der Waals surface area (Å²) in [5, 5.41) is 11.0. The molecule has 2 atom stereocenters. The zero-order valence-electron chi connectivity index (χ0n) is 6.43. The first-order valence-corrected chi connectivity index (χ1v) is 3.73. The molecule has 1 amide bonds. The Balaban J connectivity index is 2.65. The van der Waals surface area contributed by atoms with E-state index in [1.807, 2.05) is 0 Å². The number of nitrogens with one attached hydrogen (secondary N) is 1. The van der Waals surface area contributed by atoms with Crippen LogP contribution in [0, 0.1) is 0 Å². The van der Waals surface area contributed by atoms with Gasteiger partial charge in [0.1, 0.15) is 0 Å². The van der Waals surface area contributed by atoms with Crippen LogP contribution in [0.25, 0.3) is 0 Å². The Morgan fingerprint density at radius 2 is 2.55 bits per heavy atom. The van der Waals surface area contributed by atoms with E-state index >= 15 is 0 Å². The van der Waals surface area contributed by atoms with Gasteiger partial charge in [0.05, 0.1) is 12.6 Å². The average molecular weight is 161 g/mol. The van der Waals surface area contributed by atoms with E-state index in [1.165, 1.54) is 0 Å². The Morgan fingerprint density at radius 3 is 2.82 bits per heavy atom. The van der Waals surface area contributed by atoms with Gasteiger partial charge in [0.25, 0.3) is 5.91 Å². The first kappa shape index (κ1) is 8.46. The van der Waals surface area contributed by atoms with Gasteiger partial charge >= 0.3 is 0 Å². The number of carbonyl (C=O) groups excluding carboxylic acids is 1. The third kappa shape index (κ3) is 1.35. The first-order chi connectivity index (χ1) is 5.12. The molecule has 2 N–H and O–H groups in total. The van der Waals surface area contributed by atoms with E-state index in [4.69, 9.17) is 5.11 Å². The number of aliphatic hydroxyl groups excluding tert-OH is 1. The van der Waals surface area contributed by atoms with Gasteiger partial charge < -0.3 is 10.4 Å². The third-order valence-electron chi connectivity index (χ3n) is 2.09. The van der Waals surface area contributed by atoms with Crippen LogP contribution in [0.3, 0.4) is 0 Å². The Labute approximate surface area is 64.6 Å². The summed E-state index contributed by atoms with van der Waals surface area (Å²) in [7, 11) is 0. The molecule has 0 spiro atoms. The van der Waals surface area contributed by atoms with Crippen LogP contribution in [0.4, 0.5) is 4.39 Å². The smallest absolute Gasteiger partial charge is 0.258 e. The Hall–Kier alpha value is -0.640. The van der Waals surface area contributed by atoms with Crippen molar-refractivity contribution in [1.82, 2.24) is 5.32 Å². The second-order valence-corrected chi connectivity index (χ2v) is 2.88. The number of carbonyl (C=O) groups is 1. The summed E-state index contributed by atoms with van der Waals surface area (Å²) in [5.41, 5.74) is -1.74. The molecule has 0 unspecified atom stereocenters. The summed E-state index contributed by atoms with van der Waals surface area (Å²) in [6.45, 7) is 1.44. The standard InChI is InChI=1S/C7H12FNO2/c1-2-7(8)3-5(4-10)9-6(7)11/h5,10H,2-4H2,1H3,(H,9,11)/t5-,7-/m0/s1. The maximum Gasteiger partial charge on any atom is 0.258 e. The highest BCUT2D eigenvalue weighted by Crippen LogP contribution is 2.27. The van der Waals surface area contributed by atoms with Crippen LogP contribution >= 0.6 is 0 Å². The highest BCUT2D eigenvalue weighted by atomic mass is 19.1. The highest BCUT2D eigenvalue weighted by molar-refractivity contribution is 5.87. The molecule has 3 nitrogen and oxygen atoms in total. The number of halogens is 1. The minimum Gasteiger partial charge on any atom is -0.394 e. The fraction of sp³-hybridized carbons (Fsp3) is 0.857.